The highest BCUT2D eigenvalue weighted by atomic mass is 16.6. The summed E-state index contributed by atoms with van der Waals surface area (Å²) in [5.41, 5.74) is 1.14. The molecule has 5 nitrogen and oxygen atoms in total. The van der Waals surface area contributed by atoms with E-state index in [2.05, 4.69) is 0 Å². The zero-order valence-corrected chi connectivity index (χ0v) is 12.2. The monoisotopic (exact) mass is 277 g/mol. The molecule has 1 amide bonds. The van der Waals surface area contributed by atoms with Crippen molar-refractivity contribution in [3.05, 3.63) is 35.4 Å². The molecule has 2 rings (SSSR count). The second kappa shape index (κ2) is 5.15. The van der Waals surface area contributed by atoms with Crippen LogP contribution in [-0.2, 0) is 20.8 Å². The Morgan fingerprint density at radius 1 is 1.25 bits per heavy atom. The molecule has 0 radical (unpaired) electrons. The van der Waals surface area contributed by atoms with Crippen molar-refractivity contribution in [2.24, 2.45) is 0 Å². The van der Waals surface area contributed by atoms with Crippen molar-refractivity contribution < 1.29 is 19.1 Å². The fraction of sp³-hybridized carbons (Fsp3) is 0.467. The molecule has 108 valence electrons. The molecule has 5 heteroatoms. The van der Waals surface area contributed by atoms with Crippen LogP contribution in [0.4, 0.5) is 4.79 Å². The van der Waals surface area contributed by atoms with Crippen LogP contribution in [0.2, 0.25) is 0 Å². The molecule has 1 aromatic carbocycles. The van der Waals surface area contributed by atoms with E-state index in [0.29, 0.717) is 6.54 Å². The normalized spacial score (nSPS) is 17.6. The number of methoxy groups -OCH3 is 1. The molecule has 1 atom stereocenters. The minimum absolute atomic E-state index is 0.354. The van der Waals surface area contributed by atoms with E-state index >= 15 is 0 Å². The largest absolute Gasteiger partial charge is 0.458 e. The Hall–Kier alpha value is -2.04. The van der Waals surface area contributed by atoms with Gasteiger partial charge < -0.3 is 9.47 Å². The molecule has 0 aromatic heterocycles. The number of carbonyl (C=O) groups excluding carboxylic acids is 2. The average molecular weight is 277 g/mol. The standard InChI is InChI=1S/C15H19NO4/c1-15(2,3)20-13(17)12-11-8-6-5-7-10(11)9-16(12)14(18)19-4/h5-8,12H,9H2,1-4H3. The predicted octanol–water partition coefficient (Wildman–Crippen LogP) is 2.65. The third kappa shape index (κ3) is 2.76. The SMILES string of the molecule is COC(=O)N1Cc2ccccc2C1C(=O)OC(C)(C)C. The molecular formula is C15H19NO4. The minimum atomic E-state index is -0.738. The highest BCUT2D eigenvalue weighted by Gasteiger charge is 2.41. The molecule has 1 unspecified atom stereocenters. The van der Waals surface area contributed by atoms with Crippen LogP contribution in [-0.4, -0.2) is 29.7 Å². The number of hydrogen-bond donors (Lipinski definition) is 0. The minimum Gasteiger partial charge on any atom is -0.458 e. The van der Waals surface area contributed by atoms with Crippen molar-refractivity contribution in [1.29, 1.82) is 0 Å². The van der Waals surface area contributed by atoms with Crippen LogP contribution in [0.15, 0.2) is 24.3 Å². The van der Waals surface area contributed by atoms with Gasteiger partial charge in [-0.25, -0.2) is 9.59 Å². The van der Waals surface area contributed by atoms with Gasteiger partial charge in [-0.1, -0.05) is 24.3 Å². The predicted molar refractivity (Wildman–Crippen MR) is 73.0 cm³/mol. The Bertz CT molecular complexity index is 533. The summed E-state index contributed by atoms with van der Waals surface area (Å²) in [7, 11) is 1.30. The summed E-state index contributed by atoms with van der Waals surface area (Å²) in [4.78, 5) is 25.6. The van der Waals surface area contributed by atoms with Gasteiger partial charge >= 0.3 is 12.1 Å². The summed E-state index contributed by atoms with van der Waals surface area (Å²) < 4.78 is 10.2. The molecule has 1 aliphatic heterocycles. The molecule has 1 heterocycles. The Morgan fingerprint density at radius 2 is 1.90 bits per heavy atom. The van der Waals surface area contributed by atoms with Crippen LogP contribution < -0.4 is 0 Å². The van der Waals surface area contributed by atoms with Crippen LogP contribution in [0.25, 0.3) is 0 Å². The summed E-state index contributed by atoms with van der Waals surface area (Å²) in [5.74, 6) is -0.437. The van der Waals surface area contributed by atoms with E-state index in [1.165, 1.54) is 12.0 Å². The second-order valence-corrected chi connectivity index (χ2v) is 5.73. The van der Waals surface area contributed by atoms with Gasteiger partial charge in [0.25, 0.3) is 0 Å². The molecular weight excluding hydrogens is 258 g/mol. The number of benzene rings is 1. The van der Waals surface area contributed by atoms with Crippen LogP contribution >= 0.6 is 0 Å². The van der Waals surface area contributed by atoms with Crippen molar-refractivity contribution >= 4 is 12.1 Å². The first kappa shape index (κ1) is 14.4. The summed E-state index contributed by atoms with van der Waals surface area (Å²) in [6, 6.07) is 6.73. The van der Waals surface area contributed by atoms with Crippen molar-refractivity contribution in [1.82, 2.24) is 4.90 Å². The molecule has 0 fully saturated rings. The second-order valence-electron chi connectivity index (χ2n) is 5.73. The molecule has 0 N–H and O–H groups in total. The van der Waals surface area contributed by atoms with Crippen LogP contribution in [0.5, 0.6) is 0 Å². The zero-order valence-electron chi connectivity index (χ0n) is 12.2. The Balaban J connectivity index is 2.34. The number of fused-ring (bicyclic) bond motifs is 1. The fourth-order valence-corrected chi connectivity index (χ4v) is 2.29. The molecule has 0 saturated heterocycles. The molecule has 20 heavy (non-hydrogen) atoms. The van der Waals surface area contributed by atoms with Gasteiger partial charge in [0.15, 0.2) is 6.04 Å². The Labute approximate surface area is 118 Å². The maximum Gasteiger partial charge on any atom is 0.410 e. The van der Waals surface area contributed by atoms with Crippen molar-refractivity contribution in [2.45, 2.75) is 39.0 Å². The number of hydrogen-bond acceptors (Lipinski definition) is 4. The fourth-order valence-electron chi connectivity index (χ4n) is 2.29. The summed E-state index contributed by atoms with van der Waals surface area (Å²) >= 11 is 0. The van der Waals surface area contributed by atoms with Crippen LogP contribution in [0.1, 0.15) is 37.9 Å². The molecule has 0 bridgehead atoms. The maximum atomic E-state index is 12.4. The molecule has 0 aliphatic carbocycles. The number of ether oxygens (including phenoxy) is 2. The van der Waals surface area contributed by atoms with Gasteiger partial charge in [0, 0.05) is 0 Å². The van der Waals surface area contributed by atoms with Crippen LogP contribution in [0, 0.1) is 0 Å². The topological polar surface area (TPSA) is 55.8 Å². The van der Waals surface area contributed by atoms with Gasteiger partial charge in [0.05, 0.1) is 13.7 Å². The van der Waals surface area contributed by atoms with Crippen molar-refractivity contribution in [2.75, 3.05) is 7.11 Å². The smallest absolute Gasteiger partial charge is 0.410 e. The van der Waals surface area contributed by atoms with Gasteiger partial charge in [-0.3, -0.25) is 4.90 Å². The highest BCUT2D eigenvalue weighted by Crippen LogP contribution is 2.35. The van der Waals surface area contributed by atoms with Gasteiger partial charge in [-0.05, 0) is 31.9 Å². The van der Waals surface area contributed by atoms with E-state index in [1.807, 2.05) is 24.3 Å². The first-order valence-electron chi connectivity index (χ1n) is 6.49. The van der Waals surface area contributed by atoms with Crippen LogP contribution in [0.3, 0.4) is 0 Å². The zero-order chi connectivity index (χ0) is 14.9. The van der Waals surface area contributed by atoms with E-state index in [9.17, 15) is 9.59 Å². The quantitative estimate of drug-likeness (QED) is 0.740. The first-order valence-corrected chi connectivity index (χ1v) is 6.49. The number of esters is 1. The summed E-state index contributed by atoms with van der Waals surface area (Å²) in [6.07, 6.45) is -0.531. The summed E-state index contributed by atoms with van der Waals surface area (Å²) in [5, 5.41) is 0. The highest BCUT2D eigenvalue weighted by molar-refractivity contribution is 5.85. The Morgan fingerprint density at radius 3 is 2.50 bits per heavy atom. The van der Waals surface area contributed by atoms with Gasteiger partial charge in [-0.2, -0.15) is 0 Å². The number of carbonyl (C=O) groups is 2. The lowest BCUT2D eigenvalue weighted by molar-refractivity contribution is -0.160. The van der Waals surface area contributed by atoms with Crippen molar-refractivity contribution in [3.63, 3.8) is 0 Å². The molecule has 0 saturated carbocycles. The first-order chi connectivity index (χ1) is 9.33. The lowest BCUT2D eigenvalue weighted by Crippen LogP contribution is -2.37. The number of nitrogens with zero attached hydrogens (tertiary/aromatic N) is 1. The van der Waals surface area contributed by atoms with Gasteiger partial charge in [0.2, 0.25) is 0 Å². The third-order valence-corrected chi connectivity index (χ3v) is 3.04. The van der Waals surface area contributed by atoms with E-state index in [4.69, 9.17) is 9.47 Å². The molecule has 1 aromatic rings. The molecule has 0 spiro atoms. The Kier molecular flexibility index (Phi) is 3.70. The van der Waals surface area contributed by atoms with E-state index in [0.717, 1.165) is 11.1 Å². The van der Waals surface area contributed by atoms with E-state index < -0.39 is 23.7 Å². The van der Waals surface area contributed by atoms with Gasteiger partial charge in [0.1, 0.15) is 5.60 Å². The number of rotatable bonds is 1. The number of amides is 1. The maximum absolute atomic E-state index is 12.4. The van der Waals surface area contributed by atoms with Crippen molar-refractivity contribution in [3.8, 4) is 0 Å². The van der Waals surface area contributed by atoms with E-state index in [1.54, 1.807) is 20.8 Å². The lowest BCUT2D eigenvalue weighted by atomic mass is 10.0. The average Bonchev–Trinajstić information content (AvgIpc) is 2.75. The molecule has 1 aliphatic rings. The summed E-state index contributed by atoms with van der Waals surface area (Å²) in [6.45, 7) is 5.75. The lowest BCUT2D eigenvalue weighted by Gasteiger charge is -2.27. The van der Waals surface area contributed by atoms with E-state index in [-0.39, 0.29) is 0 Å². The third-order valence-electron chi connectivity index (χ3n) is 3.04. The van der Waals surface area contributed by atoms with Gasteiger partial charge in [-0.15, -0.1) is 0 Å².